The Morgan fingerprint density at radius 2 is 1.66 bits per heavy atom. The van der Waals surface area contributed by atoms with Crippen LogP contribution in [0.25, 0.3) is 0 Å². The number of hydrogen-bond acceptors (Lipinski definition) is 6. The number of amides is 3. The average molecular weight is 613 g/mol. The molecule has 2 aliphatic heterocycles. The molecule has 44 heavy (non-hydrogen) atoms. The first-order valence-electron chi connectivity index (χ1n) is 16.2. The maximum Gasteiger partial charge on any atom is 0.408 e. The molecule has 0 radical (unpaired) electrons. The summed E-state index contributed by atoms with van der Waals surface area (Å²) in [5, 5.41) is 18.3. The van der Waals surface area contributed by atoms with E-state index in [9.17, 15) is 19.6 Å². The molecular weight excluding hydrogens is 556 g/mol. The standard InChI is InChI=1S/C35H56N4O5/c1-24(2)20-27(37-32(42)44-33(3,4)5)18-17-26(21-25-14-11-10-12-15-25)31(41)38-19-13-16-29(38)30(40)36-28-22-34(6,7)39(43)35(8,9)23-28/h10-12,14-15,17-18,24,26-29,43H,13,16,19-23H2,1-9H3,(H,36,40)(H,37,42)/b18-17+/t26?,27?,29-/m1/s1. The summed E-state index contributed by atoms with van der Waals surface area (Å²) in [6.07, 6.45) is 7.09. The fraction of sp³-hybridized carbons (Fsp3) is 0.686. The number of benzene rings is 1. The monoisotopic (exact) mass is 612 g/mol. The second kappa shape index (κ2) is 14.5. The van der Waals surface area contributed by atoms with E-state index in [0.717, 1.165) is 12.0 Å². The van der Waals surface area contributed by atoms with Crippen molar-refractivity contribution in [3.05, 3.63) is 48.0 Å². The zero-order chi connectivity index (χ0) is 32.9. The van der Waals surface area contributed by atoms with E-state index in [1.54, 1.807) is 4.90 Å². The topological polar surface area (TPSA) is 111 Å². The Hall–Kier alpha value is -2.91. The van der Waals surface area contributed by atoms with E-state index in [4.69, 9.17) is 4.74 Å². The number of nitrogens with one attached hydrogen (secondary N) is 2. The van der Waals surface area contributed by atoms with Crippen LogP contribution in [0.3, 0.4) is 0 Å². The van der Waals surface area contributed by atoms with E-state index in [1.807, 2.05) is 91.0 Å². The molecular formula is C35H56N4O5. The highest BCUT2D eigenvalue weighted by Crippen LogP contribution is 2.37. The van der Waals surface area contributed by atoms with Crippen molar-refractivity contribution in [2.45, 2.75) is 136 Å². The highest BCUT2D eigenvalue weighted by molar-refractivity contribution is 5.90. The van der Waals surface area contributed by atoms with Gasteiger partial charge in [-0.2, -0.15) is 5.06 Å². The Balaban J connectivity index is 1.80. The molecule has 0 saturated carbocycles. The van der Waals surface area contributed by atoms with Gasteiger partial charge in [-0.1, -0.05) is 56.3 Å². The molecule has 2 aliphatic rings. The summed E-state index contributed by atoms with van der Waals surface area (Å²) in [6, 6.07) is 8.91. The summed E-state index contributed by atoms with van der Waals surface area (Å²) in [6.45, 7) is 18.1. The number of likely N-dealkylation sites (tertiary alicyclic amines) is 1. The molecule has 0 aromatic heterocycles. The summed E-state index contributed by atoms with van der Waals surface area (Å²) >= 11 is 0. The van der Waals surface area contributed by atoms with Crippen molar-refractivity contribution >= 4 is 17.9 Å². The Morgan fingerprint density at radius 1 is 1.05 bits per heavy atom. The van der Waals surface area contributed by atoms with Gasteiger partial charge in [-0.15, -0.1) is 0 Å². The zero-order valence-electron chi connectivity index (χ0n) is 28.4. The molecule has 3 amide bonds. The van der Waals surface area contributed by atoms with Crippen LogP contribution in [0.4, 0.5) is 4.79 Å². The fourth-order valence-electron chi connectivity index (χ4n) is 6.71. The molecule has 246 valence electrons. The first-order valence-corrected chi connectivity index (χ1v) is 16.2. The van der Waals surface area contributed by atoms with Crippen molar-refractivity contribution in [1.82, 2.24) is 20.6 Å². The van der Waals surface area contributed by atoms with Crippen molar-refractivity contribution < 1.29 is 24.3 Å². The minimum atomic E-state index is -0.617. The molecule has 3 atom stereocenters. The minimum Gasteiger partial charge on any atom is -0.444 e. The highest BCUT2D eigenvalue weighted by atomic mass is 16.6. The highest BCUT2D eigenvalue weighted by Gasteiger charge is 2.46. The van der Waals surface area contributed by atoms with Gasteiger partial charge in [0.25, 0.3) is 0 Å². The molecule has 9 nitrogen and oxygen atoms in total. The van der Waals surface area contributed by atoms with Crippen molar-refractivity contribution in [3.63, 3.8) is 0 Å². The summed E-state index contributed by atoms with van der Waals surface area (Å²) in [5.41, 5.74) is -0.572. The minimum absolute atomic E-state index is 0.0887. The van der Waals surface area contributed by atoms with Gasteiger partial charge in [0.2, 0.25) is 11.8 Å². The molecule has 2 unspecified atom stereocenters. The summed E-state index contributed by atoms with van der Waals surface area (Å²) in [4.78, 5) is 42.2. The van der Waals surface area contributed by atoms with Gasteiger partial charge in [-0.05, 0) is 98.5 Å². The lowest BCUT2D eigenvalue weighted by Gasteiger charge is -2.51. The molecule has 0 aliphatic carbocycles. The zero-order valence-corrected chi connectivity index (χ0v) is 28.4. The molecule has 9 heteroatoms. The maximum atomic E-state index is 14.2. The van der Waals surface area contributed by atoms with Crippen LogP contribution in [0, 0.1) is 11.8 Å². The fourth-order valence-corrected chi connectivity index (χ4v) is 6.71. The normalized spacial score (nSPS) is 22.2. The lowest BCUT2D eigenvalue weighted by atomic mass is 9.79. The number of ether oxygens (including phenoxy) is 1. The molecule has 3 rings (SSSR count). The van der Waals surface area contributed by atoms with Gasteiger partial charge < -0.3 is 25.5 Å². The summed E-state index contributed by atoms with van der Waals surface area (Å²) in [7, 11) is 0. The lowest BCUT2D eigenvalue weighted by Crippen LogP contribution is -2.63. The van der Waals surface area contributed by atoms with Crippen molar-refractivity contribution in [3.8, 4) is 0 Å². The van der Waals surface area contributed by atoms with E-state index in [0.29, 0.717) is 44.6 Å². The first-order chi connectivity index (χ1) is 20.4. The summed E-state index contributed by atoms with van der Waals surface area (Å²) in [5.74, 6) is -0.418. The van der Waals surface area contributed by atoms with Crippen LogP contribution in [-0.4, -0.2) is 74.4 Å². The lowest BCUT2D eigenvalue weighted by molar-refractivity contribution is -0.246. The Bertz CT molecular complexity index is 1140. The van der Waals surface area contributed by atoms with Crippen LogP contribution in [0.5, 0.6) is 0 Å². The second-order valence-corrected chi connectivity index (χ2v) is 15.3. The van der Waals surface area contributed by atoms with Gasteiger partial charge in [0.1, 0.15) is 11.6 Å². The van der Waals surface area contributed by atoms with Crippen molar-refractivity contribution in [2.24, 2.45) is 11.8 Å². The van der Waals surface area contributed by atoms with Crippen LogP contribution in [0.2, 0.25) is 0 Å². The number of piperidine rings is 1. The summed E-state index contributed by atoms with van der Waals surface area (Å²) < 4.78 is 5.50. The number of nitrogens with zero attached hydrogens (tertiary/aromatic N) is 2. The molecule has 0 spiro atoms. The van der Waals surface area contributed by atoms with Gasteiger partial charge in [-0.25, -0.2) is 4.79 Å². The number of hydroxylamine groups is 2. The second-order valence-electron chi connectivity index (χ2n) is 15.3. The number of hydrogen-bond donors (Lipinski definition) is 3. The molecule has 3 N–H and O–H groups in total. The van der Waals surface area contributed by atoms with Crippen molar-refractivity contribution in [1.29, 1.82) is 0 Å². The average Bonchev–Trinajstić information content (AvgIpc) is 3.38. The maximum absolute atomic E-state index is 14.2. The molecule has 1 aromatic carbocycles. The van der Waals surface area contributed by atoms with Crippen LogP contribution in [0.1, 0.15) is 100.0 Å². The predicted molar refractivity (Wildman–Crippen MR) is 173 cm³/mol. The van der Waals surface area contributed by atoms with Crippen LogP contribution in [0.15, 0.2) is 42.5 Å². The van der Waals surface area contributed by atoms with E-state index < -0.39 is 34.7 Å². The van der Waals surface area contributed by atoms with Gasteiger partial charge in [0, 0.05) is 23.7 Å². The third-order valence-corrected chi connectivity index (χ3v) is 8.44. The molecule has 0 bridgehead atoms. The van der Waals surface area contributed by atoms with Crippen molar-refractivity contribution in [2.75, 3.05) is 6.54 Å². The first kappa shape index (κ1) is 35.6. The molecule has 2 heterocycles. The quantitative estimate of drug-likeness (QED) is 0.286. The molecule has 2 saturated heterocycles. The van der Waals surface area contributed by atoms with E-state index in [2.05, 4.69) is 24.5 Å². The Labute approximate surface area is 264 Å². The third kappa shape index (κ3) is 10.1. The third-order valence-electron chi connectivity index (χ3n) is 8.44. The number of alkyl carbamates (subject to hydrolysis) is 1. The van der Waals surface area contributed by atoms with Gasteiger partial charge in [0.05, 0.1) is 12.0 Å². The number of carbonyl (C=O) groups excluding carboxylic acids is 3. The van der Waals surface area contributed by atoms with E-state index in [-0.39, 0.29) is 23.9 Å². The van der Waals surface area contributed by atoms with Gasteiger partial charge >= 0.3 is 6.09 Å². The Kier molecular flexibility index (Phi) is 11.7. The largest absolute Gasteiger partial charge is 0.444 e. The van der Waals surface area contributed by atoms with Crippen LogP contribution >= 0.6 is 0 Å². The van der Waals surface area contributed by atoms with E-state index in [1.165, 1.54) is 5.06 Å². The SMILES string of the molecule is CC(C)CC(/C=C/C(Cc1ccccc1)C(=O)N1CCC[C@@H]1C(=O)NC1CC(C)(C)N(O)C(C)(C)C1)NC(=O)OC(C)(C)C. The number of carbonyl (C=O) groups is 3. The number of rotatable bonds is 10. The smallest absolute Gasteiger partial charge is 0.408 e. The molecule has 2 fully saturated rings. The van der Waals surface area contributed by atoms with Gasteiger partial charge in [0.15, 0.2) is 0 Å². The Morgan fingerprint density at radius 3 is 2.23 bits per heavy atom. The van der Waals surface area contributed by atoms with Crippen LogP contribution in [-0.2, 0) is 20.7 Å². The van der Waals surface area contributed by atoms with Crippen LogP contribution < -0.4 is 10.6 Å². The molecule has 1 aromatic rings. The van der Waals surface area contributed by atoms with Gasteiger partial charge in [-0.3, -0.25) is 9.59 Å². The van der Waals surface area contributed by atoms with E-state index >= 15 is 0 Å². The predicted octanol–water partition coefficient (Wildman–Crippen LogP) is 5.86.